The van der Waals surface area contributed by atoms with Crippen molar-refractivity contribution < 1.29 is 13.2 Å². The Morgan fingerprint density at radius 2 is 1.73 bits per heavy atom. The third-order valence-corrected chi connectivity index (χ3v) is 3.89. The number of aromatic amines is 1. The number of hydrogen-bond donors (Lipinski definition) is 3. The van der Waals surface area contributed by atoms with Crippen LogP contribution in [0.3, 0.4) is 0 Å². The van der Waals surface area contributed by atoms with Gasteiger partial charge in [0.1, 0.15) is 0 Å². The smallest absolute Gasteiger partial charge is 0.332 e. The average molecular weight is 377 g/mol. The Balaban J connectivity index is 1.90. The molecule has 1 aromatic heterocycles. The molecule has 8 heteroatoms. The molecule has 0 fully saturated rings. The Bertz CT molecular complexity index is 1040. The van der Waals surface area contributed by atoms with E-state index in [1.54, 1.807) is 6.07 Å². The first kappa shape index (κ1) is 17.9. The van der Waals surface area contributed by atoms with Crippen molar-refractivity contribution in [2.24, 2.45) is 0 Å². The molecule has 0 amide bonds. The maximum Gasteiger partial charge on any atom is 0.417 e. The van der Waals surface area contributed by atoms with Crippen molar-refractivity contribution in [3.63, 3.8) is 0 Å². The van der Waals surface area contributed by atoms with Crippen LogP contribution in [0.2, 0.25) is 0 Å². The van der Waals surface area contributed by atoms with Gasteiger partial charge in [0.15, 0.2) is 5.11 Å². The van der Waals surface area contributed by atoms with E-state index in [1.165, 1.54) is 12.1 Å². The van der Waals surface area contributed by atoms with Gasteiger partial charge < -0.3 is 15.6 Å². The number of pyridine rings is 1. The Morgan fingerprint density at radius 3 is 2.38 bits per heavy atom. The van der Waals surface area contributed by atoms with Crippen molar-refractivity contribution in [2.75, 3.05) is 10.6 Å². The van der Waals surface area contributed by atoms with Crippen molar-refractivity contribution in [3.05, 3.63) is 70.0 Å². The van der Waals surface area contributed by atoms with Gasteiger partial charge in [0.2, 0.25) is 5.56 Å². The van der Waals surface area contributed by atoms with E-state index >= 15 is 0 Å². The predicted molar refractivity (Wildman–Crippen MR) is 101 cm³/mol. The molecule has 3 N–H and O–H groups in total. The number of alkyl halides is 3. The molecule has 0 saturated carbocycles. The minimum absolute atomic E-state index is 0.105. The third-order valence-electron chi connectivity index (χ3n) is 3.68. The second-order valence-corrected chi connectivity index (χ2v) is 6.16. The standard InChI is InChI=1S/C18H14F3N3OS/c1-10-3-2-4-11(7-10)22-17(26)23-12-5-6-15-13(8-12)14(18(19,20)21)9-16(25)24-15/h2-9H,1H3,(H,24,25)(H2,22,23,26). The highest BCUT2D eigenvalue weighted by atomic mass is 32.1. The molecule has 2 aromatic carbocycles. The number of hydrogen-bond acceptors (Lipinski definition) is 2. The first-order valence-electron chi connectivity index (χ1n) is 7.61. The summed E-state index contributed by atoms with van der Waals surface area (Å²) in [6.45, 7) is 1.93. The van der Waals surface area contributed by atoms with E-state index in [0.29, 0.717) is 11.8 Å². The number of thiocarbonyl (C=S) groups is 1. The fourth-order valence-corrected chi connectivity index (χ4v) is 2.82. The molecule has 0 unspecified atom stereocenters. The second kappa shape index (κ2) is 6.80. The van der Waals surface area contributed by atoms with Crippen LogP contribution < -0.4 is 16.2 Å². The Kier molecular flexibility index (Phi) is 4.69. The molecule has 26 heavy (non-hydrogen) atoms. The van der Waals surface area contributed by atoms with Gasteiger partial charge in [-0.2, -0.15) is 13.2 Å². The molecule has 0 aliphatic rings. The van der Waals surface area contributed by atoms with E-state index in [9.17, 15) is 18.0 Å². The normalized spacial score (nSPS) is 11.4. The fourth-order valence-electron chi connectivity index (χ4n) is 2.58. The Hall–Kier alpha value is -2.87. The van der Waals surface area contributed by atoms with Gasteiger partial charge in [0, 0.05) is 28.3 Å². The van der Waals surface area contributed by atoms with Crippen LogP contribution in [0.15, 0.2) is 53.3 Å². The number of aryl methyl sites for hydroxylation is 1. The largest absolute Gasteiger partial charge is 0.417 e. The van der Waals surface area contributed by atoms with Gasteiger partial charge in [-0.25, -0.2) is 0 Å². The van der Waals surface area contributed by atoms with Gasteiger partial charge >= 0.3 is 6.18 Å². The lowest BCUT2D eigenvalue weighted by atomic mass is 10.1. The SMILES string of the molecule is Cc1cccc(NC(=S)Nc2ccc3[nH]c(=O)cc(C(F)(F)F)c3c2)c1. The van der Waals surface area contributed by atoms with Crippen molar-refractivity contribution >= 4 is 39.6 Å². The Labute approximate surface area is 152 Å². The number of nitrogens with one attached hydrogen (secondary N) is 3. The van der Waals surface area contributed by atoms with Crippen LogP contribution in [-0.4, -0.2) is 10.1 Å². The second-order valence-electron chi connectivity index (χ2n) is 5.75. The quantitative estimate of drug-likeness (QED) is 0.569. The van der Waals surface area contributed by atoms with E-state index in [1.807, 2.05) is 31.2 Å². The van der Waals surface area contributed by atoms with Gasteiger partial charge in [-0.1, -0.05) is 12.1 Å². The zero-order valence-electron chi connectivity index (χ0n) is 13.6. The summed E-state index contributed by atoms with van der Waals surface area (Å²) in [6.07, 6.45) is -4.63. The number of rotatable bonds is 2. The highest BCUT2D eigenvalue weighted by molar-refractivity contribution is 7.80. The van der Waals surface area contributed by atoms with E-state index < -0.39 is 17.3 Å². The van der Waals surface area contributed by atoms with Gasteiger partial charge in [0.05, 0.1) is 5.56 Å². The summed E-state index contributed by atoms with van der Waals surface area (Å²) in [5, 5.41) is 5.96. The van der Waals surface area contributed by atoms with Crippen molar-refractivity contribution in [2.45, 2.75) is 13.1 Å². The zero-order valence-corrected chi connectivity index (χ0v) is 14.4. The van der Waals surface area contributed by atoms with Crippen LogP contribution in [-0.2, 0) is 6.18 Å². The molecule has 0 aliphatic heterocycles. The van der Waals surface area contributed by atoms with E-state index in [0.717, 1.165) is 11.3 Å². The van der Waals surface area contributed by atoms with Gasteiger partial charge in [-0.3, -0.25) is 4.79 Å². The lowest BCUT2D eigenvalue weighted by Crippen LogP contribution is -2.19. The number of anilines is 2. The van der Waals surface area contributed by atoms with Crippen LogP contribution in [0.4, 0.5) is 24.5 Å². The molecule has 1 heterocycles. The molecule has 0 spiro atoms. The van der Waals surface area contributed by atoms with E-state index in [-0.39, 0.29) is 16.0 Å². The molecule has 0 saturated heterocycles. The summed E-state index contributed by atoms with van der Waals surface area (Å²) < 4.78 is 39.6. The van der Waals surface area contributed by atoms with Crippen molar-refractivity contribution in [1.29, 1.82) is 0 Å². The van der Waals surface area contributed by atoms with Crippen molar-refractivity contribution in [3.8, 4) is 0 Å². The lowest BCUT2D eigenvalue weighted by molar-refractivity contribution is -0.136. The molecule has 3 aromatic rings. The van der Waals surface area contributed by atoms with Gasteiger partial charge in [0.25, 0.3) is 0 Å². The predicted octanol–water partition coefficient (Wildman–Crippen LogP) is 4.66. The topological polar surface area (TPSA) is 56.9 Å². The molecule has 4 nitrogen and oxygen atoms in total. The average Bonchev–Trinajstić information content (AvgIpc) is 2.53. The first-order chi connectivity index (χ1) is 12.2. The summed E-state index contributed by atoms with van der Waals surface area (Å²) >= 11 is 5.21. The molecule has 0 radical (unpaired) electrons. The van der Waals surface area contributed by atoms with Crippen molar-refractivity contribution in [1.82, 2.24) is 4.98 Å². The lowest BCUT2D eigenvalue weighted by Gasteiger charge is -2.14. The summed E-state index contributed by atoms with van der Waals surface area (Å²) in [4.78, 5) is 13.8. The number of benzene rings is 2. The number of fused-ring (bicyclic) bond motifs is 1. The minimum atomic E-state index is -4.63. The number of H-pyrrole nitrogens is 1. The van der Waals surface area contributed by atoms with Crippen LogP contribution in [0.25, 0.3) is 10.9 Å². The van der Waals surface area contributed by atoms with Crippen LogP contribution >= 0.6 is 12.2 Å². The third kappa shape index (κ3) is 4.02. The number of aromatic nitrogens is 1. The molecule has 134 valence electrons. The molecular formula is C18H14F3N3OS. The molecule has 0 bridgehead atoms. The summed E-state index contributed by atoms with van der Waals surface area (Å²) in [6, 6.07) is 12.3. The molecule has 0 atom stereocenters. The first-order valence-corrected chi connectivity index (χ1v) is 8.02. The maximum atomic E-state index is 13.2. The monoisotopic (exact) mass is 377 g/mol. The van der Waals surface area contributed by atoms with Gasteiger partial charge in [-0.05, 0) is 55.0 Å². The molecule has 0 aliphatic carbocycles. The minimum Gasteiger partial charge on any atom is -0.332 e. The summed E-state index contributed by atoms with van der Waals surface area (Å²) in [7, 11) is 0. The van der Waals surface area contributed by atoms with Crippen LogP contribution in [0.1, 0.15) is 11.1 Å². The van der Waals surface area contributed by atoms with E-state index in [4.69, 9.17) is 12.2 Å². The zero-order chi connectivity index (χ0) is 18.9. The fraction of sp³-hybridized carbons (Fsp3) is 0.111. The van der Waals surface area contributed by atoms with Gasteiger partial charge in [-0.15, -0.1) is 0 Å². The summed E-state index contributed by atoms with van der Waals surface area (Å²) in [5.74, 6) is 0. The maximum absolute atomic E-state index is 13.2. The van der Waals surface area contributed by atoms with E-state index in [2.05, 4.69) is 15.6 Å². The molecular weight excluding hydrogens is 363 g/mol. The van der Waals surface area contributed by atoms with Crippen LogP contribution in [0, 0.1) is 6.92 Å². The van der Waals surface area contributed by atoms with Crippen LogP contribution in [0.5, 0.6) is 0 Å². The highest BCUT2D eigenvalue weighted by Gasteiger charge is 2.33. The Morgan fingerprint density at radius 1 is 1.04 bits per heavy atom. The highest BCUT2D eigenvalue weighted by Crippen LogP contribution is 2.34. The number of halogens is 3. The molecule has 3 rings (SSSR count). The summed E-state index contributed by atoms with van der Waals surface area (Å²) in [5.41, 5.74) is 0.499.